The summed E-state index contributed by atoms with van der Waals surface area (Å²) in [7, 11) is 0. The molecule has 6 heteroatoms. The van der Waals surface area contributed by atoms with E-state index in [1.165, 1.54) is 0 Å². The standard InChI is InChI=1S/C20H14F3N3/c21-20(22,23)14-9-17(12-3-1-5-15(25)7-12)19(11-24)18(10-14)13-4-2-6-16(26)8-13/h1-10H,25-26H2. The van der Waals surface area contributed by atoms with E-state index in [4.69, 9.17) is 11.5 Å². The van der Waals surface area contributed by atoms with Gasteiger partial charge in [0.15, 0.2) is 0 Å². The van der Waals surface area contributed by atoms with Crippen molar-refractivity contribution in [3.05, 3.63) is 71.8 Å². The lowest BCUT2D eigenvalue weighted by Gasteiger charge is -2.16. The molecule has 0 spiro atoms. The second-order valence-electron chi connectivity index (χ2n) is 5.81. The molecule has 3 rings (SSSR count). The number of nitrogens with two attached hydrogens (primary N) is 2. The minimum Gasteiger partial charge on any atom is -0.399 e. The Morgan fingerprint density at radius 1 is 0.769 bits per heavy atom. The maximum atomic E-state index is 13.4. The molecule has 0 aliphatic carbocycles. The Labute approximate surface area is 148 Å². The second-order valence-corrected chi connectivity index (χ2v) is 5.81. The largest absolute Gasteiger partial charge is 0.416 e. The summed E-state index contributed by atoms with van der Waals surface area (Å²) in [5.41, 5.74) is 12.8. The minimum absolute atomic E-state index is 0.134. The van der Waals surface area contributed by atoms with Gasteiger partial charge in [-0.2, -0.15) is 18.4 Å². The molecule has 0 aromatic heterocycles. The maximum Gasteiger partial charge on any atom is 0.416 e. The Balaban J connectivity index is 2.37. The number of nitriles is 1. The Morgan fingerprint density at radius 3 is 1.58 bits per heavy atom. The molecule has 0 bridgehead atoms. The predicted octanol–water partition coefficient (Wildman–Crippen LogP) is 5.08. The van der Waals surface area contributed by atoms with E-state index >= 15 is 0 Å². The fraction of sp³-hybridized carbons (Fsp3) is 0.0500. The average Bonchev–Trinajstić information content (AvgIpc) is 2.59. The van der Waals surface area contributed by atoms with Gasteiger partial charge in [-0.1, -0.05) is 24.3 Å². The van der Waals surface area contributed by atoms with Gasteiger partial charge < -0.3 is 11.5 Å². The van der Waals surface area contributed by atoms with Crippen LogP contribution in [0.3, 0.4) is 0 Å². The lowest BCUT2D eigenvalue weighted by Crippen LogP contribution is -2.07. The van der Waals surface area contributed by atoms with Crippen molar-refractivity contribution in [3.8, 4) is 28.3 Å². The van der Waals surface area contributed by atoms with Crippen molar-refractivity contribution in [1.29, 1.82) is 5.26 Å². The molecule has 0 heterocycles. The molecule has 0 aliphatic heterocycles. The zero-order valence-electron chi connectivity index (χ0n) is 13.5. The number of hydrogen-bond donors (Lipinski definition) is 2. The van der Waals surface area contributed by atoms with Crippen molar-refractivity contribution >= 4 is 11.4 Å². The van der Waals surface area contributed by atoms with Crippen LogP contribution in [0.1, 0.15) is 11.1 Å². The van der Waals surface area contributed by atoms with E-state index in [2.05, 4.69) is 0 Å². The van der Waals surface area contributed by atoms with Crippen LogP contribution in [0.2, 0.25) is 0 Å². The molecule has 0 saturated carbocycles. The molecule has 130 valence electrons. The quantitative estimate of drug-likeness (QED) is 0.631. The zero-order chi connectivity index (χ0) is 18.9. The molecule has 3 aromatic carbocycles. The highest BCUT2D eigenvalue weighted by Gasteiger charge is 2.32. The summed E-state index contributed by atoms with van der Waals surface area (Å²) in [5.74, 6) is 0. The summed E-state index contributed by atoms with van der Waals surface area (Å²) in [4.78, 5) is 0. The molecule has 0 atom stereocenters. The lowest BCUT2D eigenvalue weighted by atomic mass is 9.89. The van der Waals surface area contributed by atoms with Crippen molar-refractivity contribution < 1.29 is 13.2 Å². The van der Waals surface area contributed by atoms with E-state index in [1.807, 2.05) is 6.07 Å². The molecule has 0 aliphatic rings. The number of nitrogen functional groups attached to an aromatic ring is 2. The predicted molar refractivity (Wildman–Crippen MR) is 95.9 cm³/mol. The summed E-state index contributed by atoms with van der Waals surface area (Å²) in [6.07, 6.45) is -4.56. The van der Waals surface area contributed by atoms with Crippen molar-refractivity contribution in [2.24, 2.45) is 0 Å². The Hall–Kier alpha value is -3.46. The van der Waals surface area contributed by atoms with Crippen LogP contribution in [0.25, 0.3) is 22.3 Å². The van der Waals surface area contributed by atoms with Gasteiger partial charge >= 0.3 is 6.18 Å². The van der Waals surface area contributed by atoms with Gasteiger partial charge in [-0.25, -0.2) is 0 Å². The van der Waals surface area contributed by atoms with E-state index in [-0.39, 0.29) is 16.7 Å². The van der Waals surface area contributed by atoms with Crippen LogP contribution in [0.15, 0.2) is 60.7 Å². The van der Waals surface area contributed by atoms with Gasteiger partial charge in [-0.3, -0.25) is 0 Å². The maximum absolute atomic E-state index is 13.4. The monoisotopic (exact) mass is 353 g/mol. The number of benzene rings is 3. The smallest absolute Gasteiger partial charge is 0.399 e. The van der Waals surface area contributed by atoms with Crippen molar-refractivity contribution in [3.63, 3.8) is 0 Å². The third-order valence-corrected chi connectivity index (χ3v) is 3.97. The lowest BCUT2D eigenvalue weighted by molar-refractivity contribution is -0.137. The Kier molecular flexibility index (Phi) is 4.31. The second kappa shape index (κ2) is 6.45. The first-order valence-corrected chi connectivity index (χ1v) is 7.67. The highest BCUT2D eigenvalue weighted by Crippen LogP contribution is 2.39. The van der Waals surface area contributed by atoms with Gasteiger partial charge in [-0.15, -0.1) is 0 Å². The first-order chi connectivity index (χ1) is 12.3. The van der Waals surface area contributed by atoms with Gasteiger partial charge in [0, 0.05) is 22.5 Å². The number of rotatable bonds is 2. The van der Waals surface area contributed by atoms with Crippen LogP contribution in [0, 0.1) is 11.3 Å². The molecule has 0 amide bonds. The van der Waals surface area contributed by atoms with Gasteiger partial charge in [0.1, 0.15) is 6.07 Å². The number of halogens is 3. The first-order valence-electron chi connectivity index (χ1n) is 7.67. The molecule has 0 fully saturated rings. The molecule has 3 nitrogen and oxygen atoms in total. The Bertz CT molecular complexity index is 951. The van der Waals surface area contributed by atoms with Crippen molar-refractivity contribution in [1.82, 2.24) is 0 Å². The van der Waals surface area contributed by atoms with E-state index in [9.17, 15) is 18.4 Å². The van der Waals surface area contributed by atoms with Crippen LogP contribution in [0.5, 0.6) is 0 Å². The molecule has 0 unspecified atom stereocenters. The Morgan fingerprint density at radius 2 is 1.23 bits per heavy atom. The summed E-state index contributed by atoms with van der Waals surface area (Å²) in [5, 5.41) is 9.66. The fourth-order valence-electron chi connectivity index (χ4n) is 2.79. The third kappa shape index (κ3) is 3.33. The van der Waals surface area contributed by atoms with Crippen molar-refractivity contribution in [2.75, 3.05) is 11.5 Å². The molecular formula is C20H14F3N3. The average molecular weight is 353 g/mol. The van der Waals surface area contributed by atoms with E-state index in [0.717, 1.165) is 12.1 Å². The molecule has 3 aromatic rings. The normalized spacial score (nSPS) is 11.2. The van der Waals surface area contributed by atoms with Gasteiger partial charge in [0.2, 0.25) is 0 Å². The van der Waals surface area contributed by atoms with Gasteiger partial charge in [-0.05, 0) is 47.5 Å². The molecule has 0 saturated heterocycles. The van der Waals surface area contributed by atoms with Crippen LogP contribution >= 0.6 is 0 Å². The van der Waals surface area contributed by atoms with E-state index in [1.54, 1.807) is 48.5 Å². The van der Waals surface area contributed by atoms with Crippen LogP contribution in [-0.2, 0) is 6.18 Å². The molecular weight excluding hydrogens is 339 g/mol. The highest BCUT2D eigenvalue weighted by atomic mass is 19.4. The summed E-state index contributed by atoms with van der Waals surface area (Å²) < 4.78 is 40.3. The minimum atomic E-state index is -4.56. The van der Waals surface area contributed by atoms with Gasteiger partial charge in [0.25, 0.3) is 0 Å². The van der Waals surface area contributed by atoms with E-state index in [0.29, 0.717) is 22.5 Å². The molecule has 26 heavy (non-hydrogen) atoms. The summed E-state index contributed by atoms with van der Waals surface area (Å²) >= 11 is 0. The van der Waals surface area contributed by atoms with Crippen LogP contribution in [-0.4, -0.2) is 0 Å². The number of nitrogens with zero attached hydrogens (tertiary/aromatic N) is 1. The molecule has 0 radical (unpaired) electrons. The SMILES string of the molecule is N#Cc1c(-c2cccc(N)c2)cc(C(F)(F)F)cc1-c1cccc(N)c1. The molecule has 4 N–H and O–H groups in total. The third-order valence-electron chi connectivity index (χ3n) is 3.97. The zero-order valence-corrected chi connectivity index (χ0v) is 13.5. The van der Waals surface area contributed by atoms with Crippen LogP contribution < -0.4 is 11.5 Å². The highest BCUT2D eigenvalue weighted by molar-refractivity contribution is 5.84. The number of anilines is 2. The first kappa shape index (κ1) is 17.4. The fourth-order valence-corrected chi connectivity index (χ4v) is 2.79. The summed E-state index contributed by atoms with van der Waals surface area (Å²) in [6, 6.07) is 16.8. The van der Waals surface area contributed by atoms with Gasteiger partial charge in [0.05, 0.1) is 11.1 Å². The topological polar surface area (TPSA) is 75.8 Å². The van der Waals surface area contributed by atoms with Crippen LogP contribution in [0.4, 0.5) is 24.5 Å². The number of hydrogen-bond acceptors (Lipinski definition) is 3. The van der Waals surface area contributed by atoms with Crippen molar-refractivity contribution in [2.45, 2.75) is 6.18 Å². The van der Waals surface area contributed by atoms with E-state index < -0.39 is 11.7 Å². The summed E-state index contributed by atoms with van der Waals surface area (Å²) in [6.45, 7) is 0. The number of alkyl halides is 3.